The van der Waals surface area contributed by atoms with E-state index in [2.05, 4.69) is 42.0 Å². The third-order valence-corrected chi connectivity index (χ3v) is 5.52. The van der Waals surface area contributed by atoms with Gasteiger partial charge >= 0.3 is 5.97 Å². The van der Waals surface area contributed by atoms with E-state index in [9.17, 15) is 9.59 Å². The molecule has 27 heavy (non-hydrogen) atoms. The number of amides is 1. The van der Waals surface area contributed by atoms with Crippen LogP contribution in [0.15, 0.2) is 51.8 Å². The van der Waals surface area contributed by atoms with E-state index in [1.165, 1.54) is 17.3 Å². The Kier molecular flexibility index (Phi) is 7.50. The van der Waals surface area contributed by atoms with Crippen LogP contribution in [0.5, 0.6) is 0 Å². The van der Waals surface area contributed by atoms with Crippen molar-refractivity contribution in [3.63, 3.8) is 0 Å². The number of ether oxygens (including phenoxy) is 1. The van der Waals surface area contributed by atoms with Gasteiger partial charge in [0.05, 0.1) is 5.75 Å². The highest BCUT2D eigenvalue weighted by molar-refractivity contribution is 9.10. The number of carbonyl (C=O) groups is 2. The second kappa shape index (κ2) is 9.42. The predicted molar refractivity (Wildman–Crippen MR) is 114 cm³/mol. The molecule has 0 unspecified atom stereocenters. The summed E-state index contributed by atoms with van der Waals surface area (Å²) in [5.74, 6) is -0.604. The van der Waals surface area contributed by atoms with Gasteiger partial charge in [0.25, 0.3) is 5.91 Å². The second-order valence-corrected chi connectivity index (χ2v) is 9.17. The number of esters is 1. The molecule has 4 nitrogen and oxygen atoms in total. The first-order valence-electron chi connectivity index (χ1n) is 8.60. The molecule has 1 N–H and O–H groups in total. The average molecular weight is 450 g/mol. The molecule has 0 heterocycles. The Bertz CT molecular complexity index is 813. The maximum absolute atomic E-state index is 12.0. The van der Waals surface area contributed by atoms with Gasteiger partial charge in [0.2, 0.25) is 0 Å². The fourth-order valence-electron chi connectivity index (χ4n) is 2.35. The van der Waals surface area contributed by atoms with Gasteiger partial charge in [-0.3, -0.25) is 9.59 Å². The summed E-state index contributed by atoms with van der Waals surface area (Å²) in [5, 5.41) is 2.74. The van der Waals surface area contributed by atoms with Crippen molar-refractivity contribution in [3.8, 4) is 0 Å². The zero-order valence-corrected chi connectivity index (χ0v) is 18.4. The topological polar surface area (TPSA) is 55.4 Å². The number of hydrogen-bond acceptors (Lipinski definition) is 4. The molecule has 0 saturated carbocycles. The van der Waals surface area contributed by atoms with Crippen LogP contribution in [0.25, 0.3) is 0 Å². The van der Waals surface area contributed by atoms with Gasteiger partial charge in [-0.25, -0.2) is 0 Å². The molecule has 1 amide bonds. The van der Waals surface area contributed by atoms with Gasteiger partial charge in [-0.05, 0) is 53.8 Å². The number of rotatable bonds is 6. The van der Waals surface area contributed by atoms with Crippen LogP contribution < -0.4 is 5.32 Å². The normalized spacial score (nSPS) is 11.1. The molecule has 0 aliphatic carbocycles. The van der Waals surface area contributed by atoms with Gasteiger partial charge in [-0.15, -0.1) is 11.8 Å². The zero-order chi connectivity index (χ0) is 20.0. The lowest BCUT2D eigenvalue weighted by molar-refractivity contribution is -0.144. The number of carbonyl (C=O) groups excluding carboxylic acids is 2. The summed E-state index contributed by atoms with van der Waals surface area (Å²) in [6.45, 7) is 8.09. The van der Waals surface area contributed by atoms with E-state index in [1.807, 2.05) is 49.4 Å². The van der Waals surface area contributed by atoms with Crippen molar-refractivity contribution in [2.24, 2.45) is 0 Å². The lowest BCUT2D eigenvalue weighted by atomic mass is 9.87. The van der Waals surface area contributed by atoms with Gasteiger partial charge in [0, 0.05) is 15.1 Å². The highest BCUT2D eigenvalue weighted by atomic mass is 79.9. The van der Waals surface area contributed by atoms with Crippen molar-refractivity contribution in [1.29, 1.82) is 0 Å². The van der Waals surface area contributed by atoms with E-state index in [0.29, 0.717) is 5.69 Å². The Hall–Kier alpha value is -1.79. The van der Waals surface area contributed by atoms with Crippen LogP contribution in [-0.4, -0.2) is 24.2 Å². The smallest absolute Gasteiger partial charge is 0.316 e. The molecule has 0 aliphatic rings. The highest BCUT2D eigenvalue weighted by Crippen LogP contribution is 2.25. The minimum absolute atomic E-state index is 0.0585. The van der Waals surface area contributed by atoms with Crippen molar-refractivity contribution in [1.82, 2.24) is 0 Å². The number of halogens is 1. The molecule has 2 aromatic rings. The first-order valence-corrected chi connectivity index (χ1v) is 10.4. The number of anilines is 1. The molecule has 2 rings (SSSR count). The largest absolute Gasteiger partial charge is 0.455 e. The summed E-state index contributed by atoms with van der Waals surface area (Å²) in [6, 6.07) is 13.5. The van der Waals surface area contributed by atoms with Gasteiger partial charge < -0.3 is 10.1 Å². The predicted octanol–water partition coefficient (Wildman–Crippen LogP) is 5.33. The van der Waals surface area contributed by atoms with E-state index in [-0.39, 0.29) is 23.7 Å². The maximum Gasteiger partial charge on any atom is 0.316 e. The molecule has 0 saturated heterocycles. The molecule has 0 spiro atoms. The molecule has 0 bridgehead atoms. The summed E-state index contributed by atoms with van der Waals surface area (Å²) < 4.78 is 6.06. The van der Waals surface area contributed by atoms with Crippen LogP contribution in [0.3, 0.4) is 0 Å². The molecule has 2 aromatic carbocycles. The Morgan fingerprint density at radius 2 is 1.78 bits per heavy atom. The van der Waals surface area contributed by atoms with Crippen molar-refractivity contribution in [3.05, 3.63) is 58.1 Å². The molecule has 144 valence electrons. The number of aryl methyl sites for hydroxylation is 1. The Morgan fingerprint density at radius 3 is 2.37 bits per heavy atom. The SMILES string of the molecule is Cc1cc(Br)ccc1SCC(=O)OCC(=O)Nc1ccc(C(C)(C)C)cc1. The molecule has 6 heteroatoms. The van der Waals surface area contributed by atoms with E-state index in [1.54, 1.807) is 0 Å². The summed E-state index contributed by atoms with van der Waals surface area (Å²) in [7, 11) is 0. The van der Waals surface area contributed by atoms with Crippen LogP contribution >= 0.6 is 27.7 Å². The molecular weight excluding hydrogens is 426 g/mol. The van der Waals surface area contributed by atoms with Crippen molar-refractivity contribution in [2.75, 3.05) is 17.7 Å². The maximum atomic E-state index is 12.0. The number of nitrogens with one attached hydrogen (secondary N) is 1. The van der Waals surface area contributed by atoms with Crippen LogP contribution in [0, 0.1) is 6.92 Å². The fraction of sp³-hybridized carbons (Fsp3) is 0.333. The van der Waals surface area contributed by atoms with E-state index < -0.39 is 5.97 Å². The lowest BCUT2D eigenvalue weighted by Crippen LogP contribution is -2.21. The minimum Gasteiger partial charge on any atom is -0.455 e. The molecule has 0 fully saturated rings. The number of benzene rings is 2. The first-order chi connectivity index (χ1) is 12.6. The number of thioether (sulfide) groups is 1. The molecule has 0 aromatic heterocycles. The third kappa shape index (κ3) is 7.03. The molecule has 0 aliphatic heterocycles. The zero-order valence-electron chi connectivity index (χ0n) is 16.0. The monoisotopic (exact) mass is 449 g/mol. The second-order valence-electron chi connectivity index (χ2n) is 7.23. The van der Waals surface area contributed by atoms with E-state index >= 15 is 0 Å². The third-order valence-electron chi connectivity index (χ3n) is 3.88. The lowest BCUT2D eigenvalue weighted by Gasteiger charge is -2.19. The van der Waals surface area contributed by atoms with Crippen LogP contribution in [0.2, 0.25) is 0 Å². The Balaban J connectivity index is 1.77. The first kappa shape index (κ1) is 21.5. The average Bonchev–Trinajstić information content (AvgIpc) is 2.59. The van der Waals surface area contributed by atoms with Crippen LogP contribution in [0.4, 0.5) is 5.69 Å². The van der Waals surface area contributed by atoms with Crippen LogP contribution in [0.1, 0.15) is 31.9 Å². The van der Waals surface area contributed by atoms with Gasteiger partial charge in [-0.1, -0.05) is 48.8 Å². The summed E-state index contributed by atoms with van der Waals surface area (Å²) in [6.07, 6.45) is 0. The quantitative estimate of drug-likeness (QED) is 0.478. The van der Waals surface area contributed by atoms with Gasteiger partial charge in [0.15, 0.2) is 6.61 Å². The highest BCUT2D eigenvalue weighted by Gasteiger charge is 2.14. The van der Waals surface area contributed by atoms with Gasteiger partial charge in [-0.2, -0.15) is 0 Å². The van der Waals surface area contributed by atoms with Crippen molar-refractivity contribution >= 4 is 45.3 Å². The number of hydrogen-bond donors (Lipinski definition) is 1. The van der Waals surface area contributed by atoms with Crippen molar-refractivity contribution in [2.45, 2.75) is 38.0 Å². The standard InChI is InChI=1S/C21H24BrNO3S/c1-14-11-16(22)7-10-18(14)27-13-20(25)26-12-19(24)23-17-8-5-15(6-9-17)21(2,3)4/h5-11H,12-13H2,1-4H3,(H,23,24). The molecule has 0 radical (unpaired) electrons. The molecule has 0 atom stereocenters. The van der Waals surface area contributed by atoms with E-state index in [4.69, 9.17) is 4.74 Å². The summed E-state index contributed by atoms with van der Waals surface area (Å²) in [5.41, 5.74) is 3.01. The Morgan fingerprint density at radius 1 is 1.11 bits per heavy atom. The van der Waals surface area contributed by atoms with Crippen molar-refractivity contribution < 1.29 is 14.3 Å². The summed E-state index contributed by atoms with van der Waals surface area (Å²) >= 11 is 4.81. The minimum atomic E-state index is -0.416. The van der Waals surface area contributed by atoms with E-state index in [0.717, 1.165) is 14.9 Å². The fourth-order valence-corrected chi connectivity index (χ4v) is 3.63. The summed E-state index contributed by atoms with van der Waals surface area (Å²) in [4.78, 5) is 24.9. The Labute approximate surface area is 173 Å². The van der Waals surface area contributed by atoms with Crippen LogP contribution in [-0.2, 0) is 19.7 Å². The van der Waals surface area contributed by atoms with Gasteiger partial charge in [0.1, 0.15) is 0 Å². The molecular formula is C21H24BrNO3S.